The fraction of sp³-hybridized carbons (Fsp3) is 0.500. The van der Waals surface area contributed by atoms with E-state index in [1.165, 1.54) is 19.3 Å². The lowest BCUT2D eigenvalue weighted by atomic mass is 9.94. The summed E-state index contributed by atoms with van der Waals surface area (Å²) in [5, 5.41) is 13.1. The highest BCUT2D eigenvalue weighted by Crippen LogP contribution is 2.30. The van der Waals surface area contributed by atoms with Gasteiger partial charge in [-0.15, -0.1) is 0 Å². The van der Waals surface area contributed by atoms with Crippen LogP contribution in [0.3, 0.4) is 0 Å². The van der Waals surface area contributed by atoms with Crippen LogP contribution in [0.4, 0.5) is 11.4 Å². The fourth-order valence-electron chi connectivity index (χ4n) is 2.59. The number of aromatic carboxylic acids is 1. The van der Waals surface area contributed by atoms with Crippen molar-refractivity contribution in [2.45, 2.75) is 37.0 Å². The van der Waals surface area contributed by atoms with Crippen LogP contribution < -0.4 is 11.1 Å². The van der Waals surface area contributed by atoms with Crippen LogP contribution in [0.25, 0.3) is 0 Å². The van der Waals surface area contributed by atoms with Crippen molar-refractivity contribution in [1.29, 1.82) is 0 Å². The fourth-order valence-corrected chi connectivity index (χ4v) is 3.52. The van der Waals surface area contributed by atoms with E-state index in [9.17, 15) is 4.79 Å². The average molecular weight is 280 g/mol. The molecular weight excluding hydrogens is 260 g/mol. The van der Waals surface area contributed by atoms with Crippen LogP contribution in [0.5, 0.6) is 0 Å². The molecule has 5 heteroatoms. The molecule has 0 heterocycles. The summed E-state index contributed by atoms with van der Waals surface area (Å²) >= 11 is 1.88. The molecule has 0 amide bonds. The van der Waals surface area contributed by atoms with Gasteiger partial charge in [0, 0.05) is 22.7 Å². The van der Waals surface area contributed by atoms with Gasteiger partial charge in [-0.1, -0.05) is 12.8 Å². The summed E-state index contributed by atoms with van der Waals surface area (Å²) in [6.07, 6.45) is 7.01. The number of anilines is 2. The van der Waals surface area contributed by atoms with E-state index in [-0.39, 0.29) is 5.56 Å². The van der Waals surface area contributed by atoms with Crippen LogP contribution in [-0.2, 0) is 0 Å². The van der Waals surface area contributed by atoms with Crippen molar-refractivity contribution < 1.29 is 9.90 Å². The maximum atomic E-state index is 11.1. The molecule has 1 saturated carbocycles. The summed E-state index contributed by atoms with van der Waals surface area (Å²) in [6.45, 7) is 0. The van der Waals surface area contributed by atoms with E-state index in [4.69, 9.17) is 10.8 Å². The molecule has 4 N–H and O–H groups in total. The van der Waals surface area contributed by atoms with Crippen molar-refractivity contribution in [3.8, 4) is 0 Å². The minimum absolute atomic E-state index is 0.168. The van der Waals surface area contributed by atoms with E-state index in [1.807, 2.05) is 17.8 Å². The maximum Gasteiger partial charge on any atom is 0.337 e. The van der Waals surface area contributed by atoms with Crippen LogP contribution in [0.2, 0.25) is 0 Å². The van der Waals surface area contributed by atoms with Gasteiger partial charge in [-0.25, -0.2) is 4.79 Å². The summed E-state index contributed by atoms with van der Waals surface area (Å²) in [5.41, 5.74) is 6.99. The van der Waals surface area contributed by atoms with Crippen molar-refractivity contribution in [2.75, 3.05) is 17.3 Å². The van der Waals surface area contributed by atoms with E-state index in [0.717, 1.165) is 12.1 Å². The third-order valence-electron chi connectivity index (χ3n) is 3.64. The quantitative estimate of drug-likeness (QED) is 0.739. The molecule has 2 atom stereocenters. The van der Waals surface area contributed by atoms with Gasteiger partial charge >= 0.3 is 5.97 Å². The molecule has 0 aromatic heterocycles. The average Bonchev–Trinajstić information content (AvgIpc) is 2.41. The molecule has 2 rings (SSSR count). The summed E-state index contributed by atoms with van der Waals surface area (Å²) in [7, 11) is 0. The molecule has 1 aliphatic carbocycles. The first-order chi connectivity index (χ1) is 9.11. The number of carbonyl (C=O) groups is 1. The van der Waals surface area contributed by atoms with Gasteiger partial charge < -0.3 is 16.2 Å². The Morgan fingerprint density at radius 2 is 2.16 bits per heavy atom. The zero-order valence-corrected chi connectivity index (χ0v) is 11.9. The molecule has 0 radical (unpaired) electrons. The monoisotopic (exact) mass is 280 g/mol. The molecule has 0 bridgehead atoms. The molecule has 1 aromatic carbocycles. The first-order valence-corrected chi connectivity index (χ1v) is 7.82. The first-order valence-electron chi connectivity index (χ1n) is 6.54. The predicted octanol–water partition coefficient (Wildman–Crippen LogP) is 3.05. The summed E-state index contributed by atoms with van der Waals surface area (Å²) in [4.78, 5) is 11.1. The second-order valence-electron chi connectivity index (χ2n) is 4.92. The standard InChI is InChI=1S/C14H20N2O2S/c1-19-13-5-3-2-4-12(13)16-9-6-7-11(15)10(8-9)14(17)18/h6-8,12-13,16H,2-5,15H2,1H3,(H,17,18). The normalized spacial score (nSPS) is 23.0. The van der Waals surface area contributed by atoms with Gasteiger partial charge in [-0.2, -0.15) is 11.8 Å². The number of nitrogens with one attached hydrogen (secondary N) is 1. The highest BCUT2D eigenvalue weighted by atomic mass is 32.2. The van der Waals surface area contributed by atoms with E-state index < -0.39 is 5.97 Å². The van der Waals surface area contributed by atoms with E-state index in [0.29, 0.717) is 17.0 Å². The molecule has 1 aromatic rings. The maximum absolute atomic E-state index is 11.1. The molecular formula is C14H20N2O2S. The van der Waals surface area contributed by atoms with Gasteiger partial charge in [-0.3, -0.25) is 0 Å². The number of carboxylic acids is 1. The Hall–Kier alpha value is -1.36. The van der Waals surface area contributed by atoms with Crippen LogP contribution in [0, 0.1) is 0 Å². The van der Waals surface area contributed by atoms with E-state index >= 15 is 0 Å². The number of nitrogens with two attached hydrogens (primary N) is 1. The van der Waals surface area contributed by atoms with Crippen LogP contribution in [0.1, 0.15) is 36.0 Å². The van der Waals surface area contributed by atoms with Gasteiger partial charge in [0.1, 0.15) is 0 Å². The SMILES string of the molecule is CSC1CCCCC1Nc1ccc(N)c(C(=O)O)c1. The molecule has 1 aliphatic rings. The van der Waals surface area contributed by atoms with Gasteiger partial charge in [0.25, 0.3) is 0 Å². The van der Waals surface area contributed by atoms with Crippen molar-refractivity contribution in [3.63, 3.8) is 0 Å². The Labute approximate surface area is 117 Å². The number of carboxylic acid groups (broad SMARTS) is 1. The number of rotatable bonds is 4. The predicted molar refractivity (Wildman–Crippen MR) is 81.0 cm³/mol. The Kier molecular flexibility index (Phi) is 4.58. The Morgan fingerprint density at radius 1 is 1.42 bits per heavy atom. The Morgan fingerprint density at radius 3 is 2.84 bits per heavy atom. The number of nitrogen functional groups attached to an aromatic ring is 1. The molecule has 2 unspecified atom stereocenters. The number of benzene rings is 1. The zero-order chi connectivity index (χ0) is 13.8. The lowest BCUT2D eigenvalue weighted by Gasteiger charge is -2.31. The largest absolute Gasteiger partial charge is 0.478 e. The molecule has 19 heavy (non-hydrogen) atoms. The third-order valence-corrected chi connectivity index (χ3v) is 4.81. The molecule has 4 nitrogen and oxygen atoms in total. The molecule has 0 saturated heterocycles. The summed E-state index contributed by atoms with van der Waals surface area (Å²) in [5.74, 6) is -0.980. The number of hydrogen-bond acceptors (Lipinski definition) is 4. The highest BCUT2D eigenvalue weighted by Gasteiger charge is 2.24. The molecule has 0 spiro atoms. The minimum atomic E-state index is -0.980. The van der Waals surface area contributed by atoms with Crippen molar-refractivity contribution in [3.05, 3.63) is 23.8 Å². The van der Waals surface area contributed by atoms with E-state index in [1.54, 1.807) is 12.1 Å². The smallest absolute Gasteiger partial charge is 0.337 e. The van der Waals surface area contributed by atoms with Crippen LogP contribution >= 0.6 is 11.8 Å². The Balaban J connectivity index is 2.14. The van der Waals surface area contributed by atoms with Crippen LogP contribution in [0.15, 0.2) is 18.2 Å². The van der Waals surface area contributed by atoms with Gasteiger partial charge in [0.05, 0.1) is 5.56 Å². The van der Waals surface area contributed by atoms with Crippen molar-refractivity contribution >= 4 is 29.1 Å². The lowest BCUT2D eigenvalue weighted by molar-refractivity contribution is 0.0698. The highest BCUT2D eigenvalue weighted by molar-refractivity contribution is 7.99. The second-order valence-corrected chi connectivity index (χ2v) is 5.99. The topological polar surface area (TPSA) is 75.3 Å². The van der Waals surface area contributed by atoms with Crippen LogP contribution in [-0.4, -0.2) is 28.6 Å². The second kappa shape index (κ2) is 6.19. The van der Waals surface area contributed by atoms with Gasteiger partial charge in [0.15, 0.2) is 0 Å². The first kappa shape index (κ1) is 14.1. The molecule has 1 fully saturated rings. The summed E-state index contributed by atoms with van der Waals surface area (Å²) < 4.78 is 0. The third kappa shape index (κ3) is 3.35. The van der Waals surface area contributed by atoms with Crippen molar-refractivity contribution in [2.24, 2.45) is 0 Å². The number of hydrogen-bond donors (Lipinski definition) is 3. The van der Waals surface area contributed by atoms with E-state index in [2.05, 4.69) is 11.6 Å². The van der Waals surface area contributed by atoms with Gasteiger partial charge in [0.2, 0.25) is 0 Å². The molecule has 104 valence electrons. The summed E-state index contributed by atoms with van der Waals surface area (Å²) in [6, 6.07) is 5.55. The number of thioether (sulfide) groups is 1. The lowest BCUT2D eigenvalue weighted by Crippen LogP contribution is -2.34. The molecule has 0 aliphatic heterocycles. The minimum Gasteiger partial charge on any atom is -0.478 e. The van der Waals surface area contributed by atoms with Crippen molar-refractivity contribution in [1.82, 2.24) is 0 Å². The Bertz CT molecular complexity index is 465. The zero-order valence-electron chi connectivity index (χ0n) is 11.1. The van der Waals surface area contributed by atoms with Gasteiger partial charge in [-0.05, 0) is 37.3 Å².